The normalized spacial score (nSPS) is 12.4. The molecule has 0 unspecified atom stereocenters. The maximum atomic E-state index is 12.4. The third-order valence-electron chi connectivity index (χ3n) is 3.19. The van der Waals surface area contributed by atoms with Gasteiger partial charge >= 0.3 is 0 Å². The lowest BCUT2D eigenvalue weighted by Gasteiger charge is -2.15. The van der Waals surface area contributed by atoms with E-state index in [0.717, 1.165) is 11.3 Å². The third kappa shape index (κ3) is 4.32. The van der Waals surface area contributed by atoms with Crippen molar-refractivity contribution in [1.29, 1.82) is 0 Å². The van der Waals surface area contributed by atoms with Crippen LogP contribution in [0.3, 0.4) is 0 Å². The molecule has 0 saturated heterocycles. The molecular weight excluding hydrogens is 372 g/mol. The summed E-state index contributed by atoms with van der Waals surface area (Å²) >= 11 is 1.09. The number of para-hydroxylation sites is 1. The summed E-state index contributed by atoms with van der Waals surface area (Å²) in [4.78, 5) is 4.03. The highest BCUT2D eigenvalue weighted by Crippen LogP contribution is 2.22. The Hall–Kier alpha value is -3.04. The van der Waals surface area contributed by atoms with Gasteiger partial charge in [0.1, 0.15) is 4.21 Å². The minimum Gasteiger partial charge on any atom is -0.857 e. The highest BCUT2D eigenvalue weighted by atomic mass is 32.2. The van der Waals surface area contributed by atoms with Crippen molar-refractivity contribution in [2.45, 2.75) is 4.21 Å². The van der Waals surface area contributed by atoms with Crippen molar-refractivity contribution in [2.24, 2.45) is 10.2 Å². The zero-order valence-electron chi connectivity index (χ0n) is 13.3. The predicted octanol–water partition coefficient (Wildman–Crippen LogP) is 2.08. The molecule has 0 fully saturated rings. The van der Waals surface area contributed by atoms with Gasteiger partial charge in [-0.3, -0.25) is 9.71 Å². The fourth-order valence-corrected chi connectivity index (χ4v) is 4.09. The molecule has 1 aromatic carbocycles. The third-order valence-corrected chi connectivity index (χ3v) is 5.95. The topological polar surface area (TPSA) is 107 Å². The van der Waals surface area contributed by atoms with Gasteiger partial charge in [0.2, 0.25) is 0 Å². The molecule has 3 rings (SSSR count). The zero-order chi connectivity index (χ0) is 18.4. The number of rotatable bonds is 6. The van der Waals surface area contributed by atoms with Gasteiger partial charge in [-0.15, -0.1) is 11.3 Å². The number of sulfonamides is 1. The van der Waals surface area contributed by atoms with Gasteiger partial charge in [0.25, 0.3) is 10.0 Å². The number of nitrogens with zero attached hydrogens (tertiary/aromatic N) is 3. The van der Waals surface area contributed by atoms with Crippen LogP contribution in [0, 0.1) is 0 Å². The Balaban J connectivity index is 1.85. The lowest BCUT2D eigenvalue weighted by Crippen LogP contribution is -2.22. The SMILES string of the molecule is O=S(=O)(Nc1ccccc1C([O-])=N/N=C\c1ccccn1)c1cccs1. The zero-order valence-corrected chi connectivity index (χ0v) is 14.9. The molecule has 0 spiro atoms. The van der Waals surface area contributed by atoms with Crippen molar-refractivity contribution in [3.63, 3.8) is 0 Å². The van der Waals surface area contributed by atoms with Crippen LogP contribution >= 0.6 is 11.3 Å². The first-order valence-corrected chi connectivity index (χ1v) is 9.77. The van der Waals surface area contributed by atoms with Crippen molar-refractivity contribution in [2.75, 3.05) is 4.72 Å². The molecule has 0 saturated carbocycles. The second-order valence-corrected chi connectivity index (χ2v) is 7.84. The maximum Gasteiger partial charge on any atom is 0.271 e. The number of benzene rings is 1. The van der Waals surface area contributed by atoms with E-state index in [1.165, 1.54) is 24.4 Å². The summed E-state index contributed by atoms with van der Waals surface area (Å²) in [7, 11) is -3.76. The van der Waals surface area contributed by atoms with Crippen LogP contribution < -0.4 is 9.83 Å². The van der Waals surface area contributed by atoms with E-state index in [1.807, 2.05) is 0 Å². The van der Waals surface area contributed by atoms with Crippen LogP contribution in [0.5, 0.6) is 0 Å². The summed E-state index contributed by atoms with van der Waals surface area (Å²) in [5.74, 6) is -0.665. The van der Waals surface area contributed by atoms with Crippen molar-refractivity contribution >= 4 is 39.2 Å². The van der Waals surface area contributed by atoms with Gasteiger partial charge in [-0.25, -0.2) is 8.42 Å². The van der Waals surface area contributed by atoms with Crippen LogP contribution in [0.15, 0.2) is 80.6 Å². The van der Waals surface area contributed by atoms with Crippen molar-refractivity contribution in [3.05, 3.63) is 77.4 Å². The van der Waals surface area contributed by atoms with Gasteiger partial charge in [-0.05, 0) is 29.6 Å². The van der Waals surface area contributed by atoms with E-state index in [0.29, 0.717) is 5.69 Å². The molecule has 0 radical (unpaired) electrons. The smallest absolute Gasteiger partial charge is 0.271 e. The number of hydrogen-bond acceptors (Lipinski definition) is 7. The monoisotopic (exact) mass is 385 g/mol. The molecule has 2 aromatic heterocycles. The molecular formula is C17H13N4O3S2-. The van der Waals surface area contributed by atoms with Crippen molar-refractivity contribution in [1.82, 2.24) is 4.98 Å². The standard InChI is InChI=1S/C17H14N4O3S2/c22-17(20-19-12-13-6-3-4-10-18-13)14-7-1-2-8-15(14)21-26(23,24)16-9-5-11-25-16/h1-12,21H,(H,20,22)/p-1/b19-12-. The quantitative estimate of drug-likeness (QED) is 0.398. The van der Waals surface area contributed by atoms with Crippen LogP contribution in [-0.4, -0.2) is 25.5 Å². The second kappa shape index (κ2) is 7.89. The molecule has 2 heterocycles. The summed E-state index contributed by atoms with van der Waals surface area (Å²) in [5.41, 5.74) is 0.796. The summed E-state index contributed by atoms with van der Waals surface area (Å²) < 4.78 is 27.3. The Morgan fingerprint density at radius 3 is 2.65 bits per heavy atom. The van der Waals surface area contributed by atoms with Gasteiger partial charge in [-0.2, -0.15) is 10.2 Å². The minimum absolute atomic E-state index is 0.103. The first-order chi connectivity index (χ1) is 12.6. The lowest BCUT2D eigenvalue weighted by atomic mass is 10.2. The minimum atomic E-state index is -3.76. The maximum absolute atomic E-state index is 12.4. The van der Waals surface area contributed by atoms with Crippen LogP contribution in [-0.2, 0) is 10.0 Å². The van der Waals surface area contributed by atoms with E-state index >= 15 is 0 Å². The van der Waals surface area contributed by atoms with Crippen LogP contribution in [0.2, 0.25) is 0 Å². The number of anilines is 1. The van der Waals surface area contributed by atoms with Crippen molar-refractivity contribution < 1.29 is 13.5 Å². The highest BCUT2D eigenvalue weighted by Gasteiger charge is 2.16. The van der Waals surface area contributed by atoms with Gasteiger partial charge in [0.15, 0.2) is 0 Å². The molecule has 0 aliphatic carbocycles. The van der Waals surface area contributed by atoms with Crippen LogP contribution in [0.1, 0.15) is 11.3 Å². The number of hydrogen-bond donors (Lipinski definition) is 1. The van der Waals surface area contributed by atoms with Gasteiger partial charge < -0.3 is 5.11 Å². The van der Waals surface area contributed by atoms with E-state index in [2.05, 4.69) is 19.9 Å². The van der Waals surface area contributed by atoms with Crippen LogP contribution in [0.4, 0.5) is 5.69 Å². The molecule has 0 amide bonds. The second-order valence-electron chi connectivity index (χ2n) is 4.99. The van der Waals surface area contributed by atoms with Crippen molar-refractivity contribution in [3.8, 4) is 0 Å². The number of nitrogens with one attached hydrogen (secondary N) is 1. The molecule has 1 N–H and O–H groups in total. The van der Waals surface area contributed by atoms with E-state index in [9.17, 15) is 13.5 Å². The molecule has 26 heavy (non-hydrogen) atoms. The Bertz CT molecular complexity index is 1030. The molecule has 7 nitrogen and oxygen atoms in total. The molecule has 0 atom stereocenters. The lowest BCUT2D eigenvalue weighted by molar-refractivity contribution is -0.213. The Kier molecular flexibility index (Phi) is 5.40. The molecule has 9 heteroatoms. The average Bonchev–Trinajstić information content (AvgIpc) is 3.18. The molecule has 0 aliphatic heterocycles. The first kappa shape index (κ1) is 17.8. The molecule has 0 bridgehead atoms. The largest absolute Gasteiger partial charge is 0.857 e. The van der Waals surface area contributed by atoms with Gasteiger partial charge in [0.05, 0.1) is 17.6 Å². The fourth-order valence-electron chi connectivity index (χ4n) is 2.02. The van der Waals surface area contributed by atoms with E-state index in [-0.39, 0.29) is 15.5 Å². The Labute approximate surface area is 154 Å². The Morgan fingerprint density at radius 2 is 1.92 bits per heavy atom. The number of pyridine rings is 1. The van der Waals surface area contributed by atoms with Gasteiger partial charge in [-0.1, -0.05) is 30.3 Å². The van der Waals surface area contributed by atoms with Crippen LogP contribution in [0.25, 0.3) is 0 Å². The summed E-state index contributed by atoms with van der Waals surface area (Å²) in [6.07, 6.45) is 2.94. The summed E-state index contributed by atoms with van der Waals surface area (Å²) in [6.45, 7) is 0. The molecule has 3 aromatic rings. The van der Waals surface area contributed by atoms with Gasteiger partial charge in [0, 0.05) is 17.7 Å². The highest BCUT2D eigenvalue weighted by molar-refractivity contribution is 7.94. The fraction of sp³-hybridized carbons (Fsp3) is 0. The summed E-state index contributed by atoms with van der Waals surface area (Å²) in [6, 6.07) is 14.6. The first-order valence-electron chi connectivity index (χ1n) is 7.41. The number of thiophene rings is 1. The predicted molar refractivity (Wildman–Crippen MR) is 99.9 cm³/mol. The van der Waals surface area contributed by atoms with E-state index in [1.54, 1.807) is 48.0 Å². The Morgan fingerprint density at radius 1 is 1.12 bits per heavy atom. The van der Waals surface area contributed by atoms with E-state index in [4.69, 9.17) is 0 Å². The molecule has 132 valence electrons. The average molecular weight is 385 g/mol. The number of aromatic nitrogens is 1. The summed E-state index contributed by atoms with van der Waals surface area (Å²) in [5, 5.41) is 21.3. The van der Waals surface area contributed by atoms with E-state index < -0.39 is 15.9 Å². The molecule has 0 aliphatic rings.